The van der Waals surface area contributed by atoms with Crippen molar-refractivity contribution < 1.29 is 4.74 Å². The van der Waals surface area contributed by atoms with Gasteiger partial charge in [-0.1, -0.05) is 0 Å². The first-order valence-electron chi connectivity index (χ1n) is 7.43. The second-order valence-corrected chi connectivity index (χ2v) is 5.59. The molecular formula is C14H24N4O. The zero-order valence-electron chi connectivity index (χ0n) is 11.7. The van der Waals surface area contributed by atoms with Crippen LogP contribution in [0.5, 0.6) is 0 Å². The van der Waals surface area contributed by atoms with Crippen molar-refractivity contribution in [3.05, 3.63) is 17.7 Å². The molecule has 0 radical (unpaired) electrons. The Morgan fingerprint density at radius 1 is 1.53 bits per heavy atom. The molecule has 1 aromatic heterocycles. The maximum atomic E-state index is 5.77. The smallest absolute Gasteiger partial charge is 0.0925 e. The Kier molecular flexibility index (Phi) is 4.15. The van der Waals surface area contributed by atoms with Crippen molar-refractivity contribution in [3.8, 4) is 0 Å². The van der Waals surface area contributed by atoms with E-state index in [0.717, 1.165) is 32.7 Å². The van der Waals surface area contributed by atoms with Crippen LogP contribution in [0.25, 0.3) is 0 Å². The molecule has 1 fully saturated rings. The van der Waals surface area contributed by atoms with E-state index >= 15 is 0 Å². The number of H-pyrrole nitrogens is 1. The van der Waals surface area contributed by atoms with Crippen LogP contribution in [0.2, 0.25) is 0 Å². The summed E-state index contributed by atoms with van der Waals surface area (Å²) in [5, 5.41) is 3.60. The van der Waals surface area contributed by atoms with Crippen molar-refractivity contribution in [3.63, 3.8) is 0 Å². The maximum Gasteiger partial charge on any atom is 0.0925 e. The number of imidazole rings is 1. The summed E-state index contributed by atoms with van der Waals surface area (Å²) in [6, 6.07) is 0.524. The number of ether oxygens (including phenoxy) is 1. The van der Waals surface area contributed by atoms with Crippen LogP contribution in [0.3, 0.4) is 0 Å². The van der Waals surface area contributed by atoms with Crippen LogP contribution in [-0.4, -0.2) is 53.3 Å². The molecule has 2 aliphatic heterocycles. The molecule has 1 aromatic rings. The molecule has 1 saturated heterocycles. The van der Waals surface area contributed by atoms with Gasteiger partial charge in [-0.25, -0.2) is 4.98 Å². The summed E-state index contributed by atoms with van der Waals surface area (Å²) in [6.07, 6.45) is 5.75. The van der Waals surface area contributed by atoms with Gasteiger partial charge in [0.2, 0.25) is 0 Å². The zero-order chi connectivity index (χ0) is 13.1. The third kappa shape index (κ3) is 3.16. The number of hydrogen-bond acceptors (Lipinski definition) is 4. The fourth-order valence-corrected chi connectivity index (χ4v) is 3.22. The Balaban J connectivity index is 1.52. The molecule has 106 valence electrons. The van der Waals surface area contributed by atoms with Gasteiger partial charge in [-0.2, -0.15) is 0 Å². The first-order chi connectivity index (χ1) is 9.35. The maximum absolute atomic E-state index is 5.77. The molecule has 2 aliphatic rings. The van der Waals surface area contributed by atoms with Gasteiger partial charge in [-0.15, -0.1) is 0 Å². The van der Waals surface area contributed by atoms with Crippen molar-refractivity contribution in [2.24, 2.45) is 0 Å². The molecule has 2 N–H and O–H groups in total. The molecule has 19 heavy (non-hydrogen) atoms. The van der Waals surface area contributed by atoms with E-state index in [0.29, 0.717) is 12.1 Å². The predicted octanol–water partition coefficient (Wildman–Crippen LogP) is 0.925. The number of likely N-dealkylation sites (tertiary alicyclic amines) is 1. The van der Waals surface area contributed by atoms with Crippen molar-refractivity contribution in [1.29, 1.82) is 0 Å². The number of aromatic nitrogens is 2. The van der Waals surface area contributed by atoms with Crippen LogP contribution >= 0.6 is 0 Å². The van der Waals surface area contributed by atoms with Gasteiger partial charge in [-0.3, -0.25) is 4.90 Å². The van der Waals surface area contributed by atoms with E-state index in [1.165, 1.54) is 30.8 Å². The quantitative estimate of drug-likeness (QED) is 0.849. The van der Waals surface area contributed by atoms with E-state index < -0.39 is 0 Å². The van der Waals surface area contributed by atoms with Gasteiger partial charge in [0, 0.05) is 38.7 Å². The Labute approximate surface area is 114 Å². The highest BCUT2D eigenvalue weighted by Crippen LogP contribution is 2.17. The molecular weight excluding hydrogens is 240 g/mol. The number of aromatic amines is 1. The lowest BCUT2D eigenvalue weighted by molar-refractivity contribution is 0.00331. The zero-order valence-corrected chi connectivity index (χ0v) is 11.7. The fraction of sp³-hybridized carbons (Fsp3) is 0.786. The van der Waals surface area contributed by atoms with E-state index in [-0.39, 0.29) is 0 Å². The second kappa shape index (κ2) is 6.03. The minimum atomic E-state index is 0.434. The SMILES string of the molecule is CCOC1CCCN(CC2Cc3nc[nH]c3CN2)C1. The number of rotatable bonds is 4. The fourth-order valence-electron chi connectivity index (χ4n) is 3.22. The largest absolute Gasteiger partial charge is 0.377 e. The number of piperidine rings is 1. The van der Waals surface area contributed by atoms with Gasteiger partial charge in [0.25, 0.3) is 0 Å². The first-order valence-corrected chi connectivity index (χ1v) is 7.43. The molecule has 0 bridgehead atoms. The molecule has 5 heteroatoms. The molecule has 2 atom stereocenters. The minimum Gasteiger partial charge on any atom is -0.377 e. The standard InChI is InChI=1S/C14H24N4O/c1-2-19-12-4-3-5-18(9-12)8-11-6-13-14(7-15-11)17-10-16-13/h10-12,15H,2-9H2,1H3,(H,16,17). The van der Waals surface area contributed by atoms with Crippen molar-refractivity contribution >= 4 is 0 Å². The Bertz CT molecular complexity index is 404. The molecule has 0 amide bonds. The minimum absolute atomic E-state index is 0.434. The van der Waals surface area contributed by atoms with Crippen molar-refractivity contribution in [2.45, 2.75) is 44.9 Å². The summed E-state index contributed by atoms with van der Waals surface area (Å²) in [5.74, 6) is 0. The molecule has 3 heterocycles. The summed E-state index contributed by atoms with van der Waals surface area (Å²) < 4.78 is 5.77. The van der Waals surface area contributed by atoms with Gasteiger partial charge in [0.1, 0.15) is 0 Å². The molecule has 3 rings (SSSR count). The van der Waals surface area contributed by atoms with Crippen LogP contribution in [0.15, 0.2) is 6.33 Å². The van der Waals surface area contributed by atoms with Crippen LogP contribution in [0.1, 0.15) is 31.2 Å². The molecule has 0 spiro atoms. The number of nitrogens with zero attached hydrogens (tertiary/aromatic N) is 2. The summed E-state index contributed by atoms with van der Waals surface area (Å²) in [6.45, 7) is 7.23. The summed E-state index contributed by atoms with van der Waals surface area (Å²) in [7, 11) is 0. The van der Waals surface area contributed by atoms with Gasteiger partial charge in [0.15, 0.2) is 0 Å². The van der Waals surface area contributed by atoms with Crippen molar-refractivity contribution in [2.75, 3.05) is 26.2 Å². The summed E-state index contributed by atoms with van der Waals surface area (Å²) >= 11 is 0. The van der Waals surface area contributed by atoms with Crippen LogP contribution in [0.4, 0.5) is 0 Å². The highest BCUT2D eigenvalue weighted by atomic mass is 16.5. The first kappa shape index (κ1) is 13.1. The van der Waals surface area contributed by atoms with Gasteiger partial charge >= 0.3 is 0 Å². The normalized spacial score (nSPS) is 28.3. The molecule has 0 saturated carbocycles. The lowest BCUT2D eigenvalue weighted by Crippen LogP contribution is -2.49. The van der Waals surface area contributed by atoms with Gasteiger partial charge in [0.05, 0.1) is 23.8 Å². The number of fused-ring (bicyclic) bond motifs is 1. The average Bonchev–Trinajstić information content (AvgIpc) is 2.87. The number of nitrogens with one attached hydrogen (secondary N) is 2. The van der Waals surface area contributed by atoms with E-state index in [1.54, 1.807) is 6.33 Å². The predicted molar refractivity (Wildman–Crippen MR) is 74.0 cm³/mol. The molecule has 5 nitrogen and oxygen atoms in total. The topological polar surface area (TPSA) is 53.2 Å². The summed E-state index contributed by atoms with van der Waals surface area (Å²) in [5.41, 5.74) is 2.49. The van der Waals surface area contributed by atoms with Gasteiger partial charge < -0.3 is 15.0 Å². The van der Waals surface area contributed by atoms with E-state index in [9.17, 15) is 0 Å². The second-order valence-electron chi connectivity index (χ2n) is 5.59. The molecule has 0 aliphatic carbocycles. The van der Waals surface area contributed by atoms with E-state index in [4.69, 9.17) is 4.74 Å². The molecule has 2 unspecified atom stereocenters. The molecule has 0 aromatic carbocycles. The van der Waals surface area contributed by atoms with Crippen LogP contribution in [-0.2, 0) is 17.7 Å². The highest BCUT2D eigenvalue weighted by Gasteiger charge is 2.25. The van der Waals surface area contributed by atoms with E-state index in [1.807, 2.05) is 0 Å². The van der Waals surface area contributed by atoms with Gasteiger partial charge in [-0.05, 0) is 26.3 Å². The third-order valence-electron chi connectivity index (χ3n) is 4.16. The Morgan fingerprint density at radius 2 is 2.47 bits per heavy atom. The van der Waals surface area contributed by atoms with Crippen LogP contribution < -0.4 is 5.32 Å². The average molecular weight is 264 g/mol. The van der Waals surface area contributed by atoms with Crippen molar-refractivity contribution in [1.82, 2.24) is 20.2 Å². The highest BCUT2D eigenvalue weighted by molar-refractivity contribution is 5.16. The summed E-state index contributed by atoms with van der Waals surface area (Å²) in [4.78, 5) is 10.1. The monoisotopic (exact) mass is 264 g/mol. The lowest BCUT2D eigenvalue weighted by Gasteiger charge is -2.35. The lowest BCUT2D eigenvalue weighted by atomic mass is 10.0. The Hall–Kier alpha value is -0.910. The number of hydrogen-bond donors (Lipinski definition) is 2. The Morgan fingerprint density at radius 3 is 3.37 bits per heavy atom. The third-order valence-corrected chi connectivity index (χ3v) is 4.16. The van der Waals surface area contributed by atoms with Crippen LogP contribution in [0, 0.1) is 0 Å². The van der Waals surface area contributed by atoms with E-state index in [2.05, 4.69) is 27.1 Å².